The molecule has 26 heavy (non-hydrogen) atoms. The fourth-order valence-corrected chi connectivity index (χ4v) is 2.22. The number of carbonyl (C=O) groups is 1. The SMILES string of the molecule is Cc1oc(-c2ccccc2)nc1COC(=O)COc1ccc(C#N)cc1. The molecule has 0 atom stereocenters. The summed E-state index contributed by atoms with van der Waals surface area (Å²) in [5.74, 6) is 1.07. The van der Waals surface area contributed by atoms with Crippen molar-refractivity contribution in [2.24, 2.45) is 0 Å². The van der Waals surface area contributed by atoms with Gasteiger partial charge in [-0.05, 0) is 43.3 Å². The molecule has 1 aromatic heterocycles. The maximum Gasteiger partial charge on any atom is 0.344 e. The van der Waals surface area contributed by atoms with E-state index in [1.807, 2.05) is 36.4 Å². The normalized spacial score (nSPS) is 10.2. The van der Waals surface area contributed by atoms with Crippen LogP contribution in [-0.4, -0.2) is 17.6 Å². The Morgan fingerprint density at radius 3 is 2.58 bits per heavy atom. The lowest BCUT2D eigenvalue weighted by atomic mass is 10.2. The van der Waals surface area contributed by atoms with E-state index in [1.54, 1.807) is 31.2 Å². The van der Waals surface area contributed by atoms with Crippen molar-refractivity contribution in [2.45, 2.75) is 13.5 Å². The number of nitrogens with zero attached hydrogens (tertiary/aromatic N) is 2. The monoisotopic (exact) mass is 348 g/mol. The average molecular weight is 348 g/mol. The predicted molar refractivity (Wildman–Crippen MR) is 93.1 cm³/mol. The third-order valence-corrected chi connectivity index (χ3v) is 3.62. The predicted octanol–water partition coefficient (Wildman–Crippen LogP) is 3.64. The summed E-state index contributed by atoms with van der Waals surface area (Å²) in [6.07, 6.45) is 0. The number of oxazole rings is 1. The van der Waals surface area contributed by atoms with Crippen molar-refractivity contribution in [1.29, 1.82) is 5.26 Å². The number of esters is 1. The van der Waals surface area contributed by atoms with Gasteiger partial charge in [-0.1, -0.05) is 18.2 Å². The summed E-state index contributed by atoms with van der Waals surface area (Å²) >= 11 is 0. The number of carbonyl (C=O) groups excluding carboxylic acids is 1. The lowest BCUT2D eigenvalue weighted by Crippen LogP contribution is -2.15. The van der Waals surface area contributed by atoms with E-state index in [2.05, 4.69) is 4.98 Å². The van der Waals surface area contributed by atoms with E-state index >= 15 is 0 Å². The molecule has 0 amide bonds. The Morgan fingerprint density at radius 1 is 1.15 bits per heavy atom. The van der Waals surface area contributed by atoms with Crippen LogP contribution in [0, 0.1) is 18.3 Å². The number of ether oxygens (including phenoxy) is 2. The Bertz CT molecular complexity index is 925. The molecule has 0 fully saturated rings. The van der Waals surface area contributed by atoms with Crippen LogP contribution in [0.3, 0.4) is 0 Å². The first-order chi connectivity index (χ1) is 12.7. The summed E-state index contributed by atoms with van der Waals surface area (Å²) in [4.78, 5) is 16.2. The fraction of sp³-hybridized carbons (Fsp3) is 0.150. The minimum atomic E-state index is -0.516. The van der Waals surface area contributed by atoms with Crippen molar-refractivity contribution in [3.05, 3.63) is 71.6 Å². The van der Waals surface area contributed by atoms with Gasteiger partial charge in [0.15, 0.2) is 6.61 Å². The Balaban J connectivity index is 1.53. The molecule has 0 aliphatic rings. The minimum Gasteiger partial charge on any atom is -0.482 e. The second-order valence-electron chi connectivity index (χ2n) is 5.47. The Kier molecular flexibility index (Phi) is 5.30. The molecule has 2 aromatic carbocycles. The van der Waals surface area contributed by atoms with Crippen molar-refractivity contribution in [1.82, 2.24) is 4.98 Å². The molecule has 3 aromatic rings. The molecule has 0 saturated heterocycles. The maximum absolute atomic E-state index is 11.8. The van der Waals surface area contributed by atoms with Crippen LogP contribution >= 0.6 is 0 Å². The molecular weight excluding hydrogens is 332 g/mol. The van der Waals surface area contributed by atoms with Gasteiger partial charge in [0.05, 0.1) is 11.6 Å². The van der Waals surface area contributed by atoms with E-state index in [-0.39, 0.29) is 13.2 Å². The molecular formula is C20H16N2O4. The molecule has 3 rings (SSSR count). The van der Waals surface area contributed by atoms with Gasteiger partial charge < -0.3 is 13.9 Å². The first-order valence-electron chi connectivity index (χ1n) is 7.96. The number of nitriles is 1. The first kappa shape index (κ1) is 17.2. The van der Waals surface area contributed by atoms with Crippen molar-refractivity contribution >= 4 is 5.97 Å². The number of benzene rings is 2. The van der Waals surface area contributed by atoms with E-state index in [1.165, 1.54) is 0 Å². The van der Waals surface area contributed by atoms with Gasteiger partial charge in [-0.2, -0.15) is 5.26 Å². The highest BCUT2D eigenvalue weighted by Gasteiger charge is 2.13. The first-order valence-corrected chi connectivity index (χ1v) is 7.96. The summed E-state index contributed by atoms with van der Waals surface area (Å²) in [7, 11) is 0. The van der Waals surface area contributed by atoms with Gasteiger partial charge in [-0.3, -0.25) is 0 Å². The molecule has 0 unspecified atom stereocenters. The topological polar surface area (TPSA) is 85.3 Å². The van der Waals surface area contributed by atoms with Gasteiger partial charge in [0.2, 0.25) is 5.89 Å². The maximum atomic E-state index is 11.8. The summed E-state index contributed by atoms with van der Waals surface area (Å²) < 4.78 is 16.1. The lowest BCUT2D eigenvalue weighted by molar-refractivity contribution is -0.147. The molecule has 1 heterocycles. The minimum absolute atomic E-state index is 0.0116. The Hall–Kier alpha value is -3.59. The third kappa shape index (κ3) is 4.28. The van der Waals surface area contributed by atoms with E-state index in [4.69, 9.17) is 19.2 Å². The quantitative estimate of drug-likeness (QED) is 0.632. The van der Waals surface area contributed by atoms with E-state index < -0.39 is 5.97 Å². The van der Waals surface area contributed by atoms with E-state index in [0.717, 1.165) is 5.56 Å². The standard InChI is InChI=1S/C20H16N2O4/c1-14-18(22-20(26-14)16-5-3-2-4-6-16)12-25-19(23)13-24-17-9-7-15(11-21)8-10-17/h2-10H,12-13H2,1H3. The molecule has 0 bridgehead atoms. The lowest BCUT2D eigenvalue weighted by Gasteiger charge is -2.06. The Labute approximate surface area is 150 Å². The molecule has 6 heteroatoms. The van der Waals surface area contributed by atoms with Gasteiger partial charge >= 0.3 is 5.97 Å². The number of rotatable bonds is 6. The van der Waals surface area contributed by atoms with Gasteiger partial charge in [0.1, 0.15) is 23.8 Å². The summed E-state index contributed by atoms with van der Waals surface area (Å²) in [6.45, 7) is 1.56. The van der Waals surface area contributed by atoms with Crippen molar-refractivity contribution < 1.29 is 18.7 Å². The third-order valence-electron chi connectivity index (χ3n) is 3.62. The molecule has 0 aliphatic carbocycles. The van der Waals surface area contributed by atoms with E-state index in [9.17, 15) is 4.79 Å². The largest absolute Gasteiger partial charge is 0.482 e. The van der Waals surface area contributed by atoms with Crippen LogP contribution < -0.4 is 4.74 Å². The molecule has 0 radical (unpaired) electrons. The Morgan fingerprint density at radius 2 is 1.88 bits per heavy atom. The van der Waals surface area contributed by atoms with Gasteiger partial charge in [0.25, 0.3) is 0 Å². The fourth-order valence-electron chi connectivity index (χ4n) is 2.22. The average Bonchev–Trinajstić information content (AvgIpc) is 3.06. The summed E-state index contributed by atoms with van der Waals surface area (Å²) in [5.41, 5.74) is 1.95. The molecule has 0 spiro atoms. The van der Waals surface area contributed by atoms with Gasteiger partial charge in [-0.15, -0.1) is 0 Å². The van der Waals surface area contributed by atoms with Gasteiger partial charge in [0, 0.05) is 5.56 Å². The molecule has 0 aliphatic heterocycles. The zero-order valence-electron chi connectivity index (χ0n) is 14.1. The molecule has 6 nitrogen and oxygen atoms in total. The smallest absolute Gasteiger partial charge is 0.344 e. The van der Waals surface area contributed by atoms with Crippen LogP contribution in [0.25, 0.3) is 11.5 Å². The zero-order chi connectivity index (χ0) is 18.4. The highest BCUT2D eigenvalue weighted by Crippen LogP contribution is 2.21. The second kappa shape index (κ2) is 7.99. The van der Waals surface area contributed by atoms with Crippen LogP contribution in [0.5, 0.6) is 5.75 Å². The highest BCUT2D eigenvalue weighted by atomic mass is 16.6. The number of aryl methyl sites for hydroxylation is 1. The van der Waals surface area contributed by atoms with Crippen molar-refractivity contribution in [2.75, 3.05) is 6.61 Å². The van der Waals surface area contributed by atoms with Crippen LogP contribution in [0.4, 0.5) is 0 Å². The molecule has 0 N–H and O–H groups in total. The van der Waals surface area contributed by atoms with Crippen molar-refractivity contribution in [3.8, 4) is 23.3 Å². The van der Waals surface area contributed by atoms with Crippen molar-refractivity contribution in [3.63, 3.8) is 0 Å². The highest BCUT2D eigenvalue weighted by molar-refractivity contribution is 5.71. The van der Waals surface area contributed by atoms with Crippen LogP contribution in [0.15, 0.2) is 59.0 Å². The van der Waals surface area contributed by atoms with E-state index in [0.29, 0.717) is 28.7 Å². The van der Waals surface area contributed by atoms with Crippen LogP contribution in [0.2, 0.25) is 0 Å². The zero-order valence-corrected chi connectivity index (χ0v) is 14.1. The molecule has 0 saturated carbocycles. The van der Waals surface area contributed by atoms with Crippen LogP contribution in [-0.2, 0) is 16.1 Å². The second-order valence-corrected chi connectivity index (χ2v) is 5.47. The van der Waals surface area contributed by atoms with Crippen LogP contribution in [0.1, 0.15) is 17.0 Å². The summed E-state index contributed by atoms with van der Waals surface area (Å²) in [5, 5.41) is 8.74. The number of hydrogen-bond donors (Lipinski definition) is 0. The number of hydrogen-bond acceptors (Lipinski definition) is 6. The number of aromatic nitrogens is 1. The summed E-state index contributed by atoms with van der Waals surface area (Å²) in [6, 6.07) is 18.0. The molecule has 130 valence electrons. The van der Waals surface area contributed by atoms with Gasteiger partial charge in [-0.25, -0.2) is 9.78 Å².